The third-order valence-electron chi connectivity index (χ3n) is 4.04. The van der Waals surface area contributed by atoms with Crippen molar-refractivity contribution < 1.29 is 12.8 Å². The minimum atomic E-state index is -3.69. The maximum atomic E-state index is 13.4. The van der Waals surface area contributed by atoms with E-state index in [1.807, 2.05) is 0 Å². The fourth-order valence-electron chi connectivity index (χ4n) is 2.82. The van der Waals surface area contributed by atoms with Gasteiger partial charge in [0.05, 0.1) is 15.0 Å². The molecule has 3 aromatic heterocycles. The van der Waals surface area contributed by atoms with Crippen molar-refractivity contribution >= 4 is 42.9 Å². The summed E-state index contributed by atoms with van der Waals surface area (Å²) in [6.45, 7) is 0.174. The van der Waals surface area contributed by atoms with Crippen LogP contribution >= 0.6 is 27.3 Å². The number of aromatic nitrogens is 2. The van der Waals surface area contributed by atoms with Gasteiger partial charge in [0, 0.05) is 25.7 Å². The molecule has 0 fully saturated rings. The number of halogens is 2. The first-order valence-corrected chi connectivity index (χ1v) is 10.4. The van der Waals surface area contributed by atoms with Gasteiger partial charge in [0.2, 0.25) is 0 Å². The number of pyridine rings is 1. The predicted molar refractivity (Wildman–Crippen MR) is 94.7 cm³/mol. The van der Waals surface area contributed by atoms with Crippen molar-refractivity contribution in [2.45, 2.75) is 17.2 Å². The van der Waals surface area contributed by atoms with Gasteiger partial charge in [-0.3, -0.25) is 9.20 Å². The van der Waals surface area contributed by atoms with Crippen LogP contribution in [0.15, 0.2) is 43.3 Å². The van der Waals surface area contributed by atoms with E-state index in [0.717, 1.165) is 21.9 Å². The Morgan fingerprint density at radius 3 is 2.76 bits per heavy atom. The van der Waals surface area contributed by atoms with Crippen LogP contribution in [0, 0.1) is 5.82 Å². The molecule has 1 aliphatic rings. The standard InChI is InChI=1S/C15H11BrFN3O3S2/c16-12-2-4-14(24-12)25(22,23)19-6-5-11-10(8-19)15(21)20-7-9(17)1-3-13(20)18-11/h1-4,7H,5-6,8H2. The summed E-state index contributed by atoms with van der Waals surface area (Å²) in [4.78, 5) is 17.0. The van der Waals surface area contributed by atoms with Crippen LogP contribution < -0.4 is 5.56 Å². The Morgan fingerprint density at radius 2 is 2.04 bits per heavy atom. The van der Waals surface area contributed by atoms with Gasteiger partial charge in [-0.05, 0) is 40.2 Å². The Bertz CT molecular complexity index is 1160. The molecule has 0 saturated heterocycles. The third kappa shape index (κ3) is 2.82. The van der Waals surface area contributed by atoms with Crippen LogP contribution in [0.5, 0.6) is 0 Å². The molecule has 25 heavy (non-hydrogen) atoms. The Balaban J connectivity index is 1.80. The number of hydrogen-bond donors (Lipinski definition) is 0. The highest BCUT2D eigenvalue weighted by atomic mass is 79.9. The number of sulfonamides is 1. The minimum Gasteiger partial charge on any atom is -0.269 e. The van der Waals surface area contributed by atoms with Crippen molar-refractivity contribution in [3.8, 4) is 0 Å². The van der Waals surface area contributed by atoms with Crippen LogP contribution in [-0.2, 0) is 23.0 Å². The average molecular weight is 444 g/mol. The first-order valence-electron chi connectivity index (χ1n) is 7.31. The minimum absolute atomic E-state index is 0.0710. The number of thiophene rings is 1. The van der Waals surface area contributed by atoms with Crippen molar-refractivity contribution in [1.82, 2.24) is 13.7 Å². The van der Waals surface area contributed by atoms with Crippen molar-refractivity contribution in [2.75, 3.05) is 6.54 Å². The van der Waals surface area contributed by atoms with Crippen LogP contribution in [0.4, 0.5) is 4.39 Å². The lowest BCUT2D eigenvalue weighted by molar-refractivity contribution is 0.386. The van der Waals surface area contributed by atoms with E-state index < -0.39 is 21.4 Å². The quantitative estimate of drug-likeness (QED) is 0.609. The van der Waals surface area contributed by atoms with Gasteiger partial charge in [-0.25, -0.2) is 17.8 Å². The first-order chi connectivity index (χ1) is 11.9. The van der Waals surface area contributed by atoms with Gasteiger partial charge in [-0.15, -0.1) is 11.3 Å². The lowest BCUT2D eigenvalue weighted by Gasteiger charge is -2.26. The van der Waals surface area contributed by atoms with Crippen LogP contribution in [0.3, 0.4) is 0 Å². The Kier molecular flexibility index (Phi) is 4.02. The topological polar surface area (TPSA) is 71.8 Å². The normalized spacial score (nSPS) is 15.4. The van der Waals surface area contributed by atoms with Crippen LogP contribution in [0.25, 0.3) is 5.65 Å². The van der Waals surface area contributed by atoms with Crippen molar-refractivity contribution in [2.24, 2.45) is 0 Å². The van der Waals surface area contributed by atoms with E-state index in [9.17, 15) is 17.6 Å². The monoisotopic (exact) mass is 443 g/mol. The molecular weight excluding hydrogens is 433 g/mol. The van der Waals surface area contributed by atoms with Gasteiger partial charge in [0.1, 0.15) is 15.7 Å². The van der Waals surface area contributed by atoms with E-state index in [-0.39, 0.29) is 22.9 Å². The molecule has 0 unspecified atom stereocenters. The second-order valence-electron chi connectivity index (χ2n) is 5.56. The van der Waals surface area contributed by atoms with E-state index in [0.29, 0.717) is 21.5 Å². The molecule has 0 N–H and O–H groups in total. The third-order valence-corrected chi connectivity index (χ3v) is 7.98. The molecule has 0 saturated carbocycles. The maximum Gasteiger partial charge on any atom is 0.262 e. The van der Waals surface area contributed by atoms with Gasteiger partial charge in [-0.2, -0.15) is 4.31 Å². The van der Waals surface area contributed by atoms with Gasteiger partial charge in [0.15, 0.2) is 0 Å². The molecule has 0 spiro atoms. The fourth-order valence-corrected chi connectivity index (χ4v) is 6.39. The summed E-state index contributed by atoms with van der Waals surface area (Å²) in [7, 11) is -3.69. The lowest BCUT2D eigenvalue weighted by atomic mass is 10.1. The van der Waals surface area contributed by atoms with Crippen LogP contribution in [0.2, 0.25) is 0 Å². The molecule has 0 aromatic carbocycles. The molecule has 4 rings (SSSR count). The lowest BCUT2D eigenvalue weighted by Crippen LogP contribution is -2.40. The van der Waals surface area contributed by atoms with E-state index >= 15 is 0 Å². The molecule has 0 atom stereocenters. The number of fused-ring (bicyclic) bond motifs is 2. The van der Waals surface area contributed by atoms with Crippen molar-refractivity contribution in [1.29, 1.82) is 0 Å². The van der Waals surface area contributed by atoms with E-state index in [1.54, 1.807) is 6.07 Å². The zero-order valence-corrected chi connectivity index (χ0v) is 15.9. The average Bonchev–Trinajstić information content (AvgIpc) is 3.03. The molecule has 130 valence electrons. The zero-order chi connectivity index (χ0) is 17.8. The van der Waals surface area contributed by atoms with Gasteiger partial charge in [0.25, 0.3) is 15.6 Å². The summed E-state index contributed by atoms with van der Waals surface area (Å²) < 4.78 is 42.3. The summed E-state index contributed by atoms with van der Waals surface area (Å²) in [6.07, 6.45) is 1.40. The second kappa shape index (κ2) is 5.97. The van der Waals surface area contributed by atoms with Crippen LogP contribution in [0.1, 0.15) is 11.3 Å². The van der Waals surface area contributed by atoms with Gasteiger partial charge >= 0.3 is 0 Å². The van der Waals surface area contributed by atoms with Gasteiger partial charge < -0.3 is 0 Å². The number of hydrogen-bond acceptors (Lipinski definition) is 5. The first kappa shape index (κ1) is 16.8. The molecule has 0 aliphatic carbocycles. The number of nitrogens with zero attached hydrogens (tertiary/aromatic N) is 3. The SMILES string of the molecule is O=c1c2c(nc3ccc(F)cn13)CCN(S(=O)(=O)c1ccc(Br)s1)C2. The molecule has 0 radical (unpaired) electrons. The molecule has 6 nitrogen and oxygen atoms in total. The Morgan fingerprint density at radius 1 is 1.24 bits per heavy atom. The van der Waals surface area contributed by atoms with Crippen LogP contribution in [-0.4, -0.2) is 28.7 Å². The van der Waals surface area contributed by atoms with Crippen molar-refractivity contribution in [3.63, 3.8) is 0 Å². The Labute approximate surface area is 154 Å². The molecule has 4 heterocycles. The Hall–Kier alpha value is -1.62. The summed E-state index contributed by atoms with van der Waals surface area (Å²) >= 11 is 4.37. The summed E-state index contributed by atoms with van der Waals surface area (Å²) in [5, 5.41) is 0. The second-order valence-corrected chi connectivity index (χ2v) is 10.2. The summed E-state index contributed by atoms with van der Waals surface area (Å²) in [6, 6.07) is 5.87. The zero-order valence-electron chi connectivity index (χ0n) is 12.6. The van der Waals surface area contributed by atoms with Gasteiger partial charge in [-0.1, -0.05) is 0 Å². The van der Waals surface area contributed by atoms with Crippen molar-refractivity contribution in [3.05, 3.63) is 61.7 Å². The molecule has 10 heteroatoms. The van der Waals surface area contributed by atoms with E-state index in [1.165, 1.54) is 22.5 Å². The smallest absolute Gasteiger partial charge is 0.262 e. The highest BCUT2D eigenvalue weighted by Crippen LogP contribution is 2.30. The predicted octanol–water partition coefficient (Wildman–Crippen LogP) is 2.40. The highest BCUT2D eigenvalue weighted by Gasteiger charge is 2.31. The molecule has 3 aromatic rings. The molecule has 0 bridgehead atoms. The largest absolute Gasteiger partial charge is 0.269 e. The number of rotatable bonds is 2. The highest BCUT2D eigenvalue weighted by molar-refractivity contribution is 9.11. The molecule has 0 amide bonds. The molecule has 1 aliphatic heterocycles. The fraction of sp³-hybridized carbons (Fsp3) is 0.200. The summed E-state index contributed by atoms with van der Waals surface area (Å²) in [5.41, 5.74) is 0.763. The van der Waals surface area contributed by atoms with E-state index in [2.05, 4.69) is 20.9 Å². The summed E-state index contributed by atoms with van der Waals surface area (Å²) in [5.74, 6) is -0.555. The van der Waals surface area contributed by atoms with E-state index in [4.69, 9.17) is 0 Å². The molecular formula is C15H11BrFN3O3S2. The maximum absolute atomic E-state index is 13.4.